The van der Waals surface area contributed by atoms with Gasteiger partial charge in [-0.2, -0.15) is 0 Å². The van der Waals surface area contributed by atoms with Gasteiger partial charge in [-0.1, -0.05) is 35.3 Å². The SMILES string of the molecule is Cc1nc2c(F)cc(N3CCOCC3)cc2n1Cc1cccc(Cl)c1Cl. The van der Waals surface area contributed by atoms with E-state index in [1.54, 1.807) is 12.1 Å². The van der Waals surface area contributed by atoms with E-state index in [1.165, 1.54) is 0 Å². The molecule has 1 aromatic heterocycles. The van der Waals surface area contributed by atoms with Crippen molar-refractivity contribution in [2.45, 2.75) is 13.5 Å². The van der Waals surface area contributed by atoms with E-state index in [2.05, 4.69) is 9.88 Å². The molecule has 4 rings (SSSR count). The summed E-state index contributed by atoms with van der Waals surface area (Å²) in [6, 6.07) is 9.07. The van der Waals surface area contributed by atoms with Gasteiger partial charge in [0.2, 0.25) is 0 Å². The molecule has 0 atom stereocenters. The Morgan fingerprint density at radius 1 is 1.19 bits per heavy atom. The largest absolute Gasteiger partial charge is 0.378 e. The van der Waals surface area contributed by atoms with Crippen molar-refractivity contribution in [1.82, 2.24) is 9.55 Å². The smallest absolute Gasteiger partial charge is 0.153 e. The van der Waals surface area contributed by atoms with Crippen molar-refractivity contribution in [3.8, 4) is 0 Å². The van der Waals surface area contributed by atoms with Crippen LogP contribution in [-0.2, 0) is 11.3 Å². The van der Waals surface area contributed by atoms with Crippen molar-refractivity contribution in [3.05, 3.63) is 57.6 Å². The number of anilines is 1. The summed E-state index contributed by atoms with van der Waals surface area (Å²) in [4.78, 5) is 6.55. The molecule has 0 bridgehead atoms. The van der Waals surface area contributed by atoms with E-state index in [0.29, 0.717) is 35.3 Å². The van der Waals surface area contributed by atoms with Gasteiger partial charge in [-0.05, 0) is 30.7 Å². The molecule has 4 nitrogen and oxygen atoms in total. The van der Waals surface area contributed by atoms with E-state index in [0.717, 1.165) is 35.7 Å². The van der Waals surface area contributed by atoms with Gasteiger partial charge in [0.05, 0.1) is 35.3 Å². The first kappa shape index (κ1) is 17.6. The number of fused-ring (bicyclic) bond motifs is 1. The van der Waals surface area contributed by atoms with Crippen LogP contribution in [0.1, 0.15) is 11.4 Å². The van der Waals surface area contributed by atoms with Crippen LogP contribution in [0.25, 0.3) is 11.0 Å². The second kappa shape index (κ2) is 7.06. The lowest BCUT2D eigenvalue weighted by molar-refractivity contribution is 0.122. The lowest BCUT2D eigenvalue weighted by Gasteiger charge is -2.29. The van der Waals surface area contributed by atoms with Crippen molar-refractivity contribution >= 4 is 39.9 Å². The van der Waals surface area contributed by atoms with E-state index >= 15 is 0 Å². The van der Waals surface area contributed by atoms with Gasteiger partial charge >= 0.3 is 0 Å². The molecule has 1 aliphatic rings. The Bertz CT molecular complexity index is 967. The average Bonchev–Trinajstić information content (AvgIpc) is 2.96. The average molecular weight is 394 g/mol. The Balaban J connectivity index is 1.80. The number of halogens is 3. The highest BCUT2D eigenvalue weighted by Gasteiger charge is 2.18. The van der Waals surface area contributed by atoms with Gasteiger partial charge in [0.25, 0.3) is 0 Å². The Morgan fingerprint density at radius 2 is 1.96 bits per heavy atom. The van der Waals surface area contributed by atoms with Crippen molar-refractivity contribution in [3.63, 3.8) is 0 Å². The van der Waals surface area contributed by atoms with E-state index < -0.39 is 0 Å². The zero-order chi connectivity index (χ0) is 18.3. The third-order valence-electron chi connectivity index (χ3n) is 4.72. The topological polar surface area (TPSA) is 30.3 Å². The van der Waals surface area contributed by atoms with Crippen LogP contribution in [0.15, 0.2) is 30.3 Å². The molecular formula is C19H18Cl2FN3O. The van der Waals surface area contributed by atoms with Crippen LogP contribution in [0.4, 0.5) is 10.1 Å². The number of aromatic nitrogens is 2. The molecule has 0 spiro atoms. The Hall–Kier alpha value is -1.82. The zero-order valence-corrected chi connectivity index (χ0v) is 15.8. The van der Waals surface area contributed by atoms with Gasteiger partial charge < -0.3 is 14.2 Å². The predicted octanol–water partition coefficient (Wildman–Crippen LogP) is 4.68. The maximum atomic E-state index is 14.7. The molecule has 0 amide bonds. The molecule has 0 saturated carbocycles. The molecule has 1 aliphatic heterocycles. The summed E-state index contributed by atoms with van der Waals surface area (Å²) in [5, 5.41) is 1.02. The first-order valence-corrected chi connectivity index (χ1v) is 9.22. The fourth-order valence-corrected chi connectivity index (χ4v) is 3.71. The third-order valence-corrected chi connectivity index (χ3v) is 5.58. The Labute approximate surface area is 161 Å². The van der Waals surface area contributed by atoms with Crippen LogP contribution < -0.4 is 4.90 Å². The number of hydrogen-bond acceptors (Lipinski definition) is 3. The summed E-state index contributed by atoms with van der Waals surface area (Å²) >= 11 is 12.5. The minimum absolute atomic E-state index is 0.317. The molecule has 26 heavy (non-hydrogen) atoms. The fraction of sp³-hybridized carbons (Fsp3) is 0.316. The molecule has 2 aromatic carbocycles. The minimum atomic E-state index is -0.317. The van der Waals surface area contributed by atoms with Crippen LogP contribution >= 0.6 is 23.2 Å². The number of imidazole rings is 1. The molecule has 2 heterocycles. The number of hydrogen-bond donors (Lipinski definition) is 0. The van der Waals surface area contributed by atoms with E-state index in [4.69, 9.17) is 27.9 Å². The van der Waals surface area contributed by atoms with Crippen molar-refractivity contribution in [1.29, 1.82) is 0 Å². The van der Waals surface area contributed by atoms with E-state index in [1.807, 2.05) is 29.7 Å². The van der Waals surface area contributed by atoms with Crippen LogP contribution in [0.3, 0.4) is 0 Å². The van der Waals surface area contributed by atoms with Gasteiger partial charge in [0, 0.05) is 18.8 Å². The number of ether oxygens (including phenoxy) is 1. The number of morpholine rings is 1. The first-order valence-electron chi connectivity index (χ1n) is 8.46. The highest BCUT2D eigenvalue weighted by molar-refractivity contribution is 6.42. The summed E-state index contributed by atoms with van der Waals surface area (Å²) in [5.74, 6) is 0.414. The van der Waals surface area contributed by atoms with E-state index in [-0.39, 0.29) is 5.82 Å². The lowest BCUT2D eigenvalue weighted by atomic mass is 10.2. The molecule has 0 aliphatic carbocycles. The van der Waals surface area contributed by atoms with Crippen LogP contribution in [-0.4, -0.2) is 35.9 Å². The first-order chi connectivity index (χ1) is 12.5. The molecule has 0 radical (unpaired) electrons. The van der Waals surface area contributed by atoms with Crippen molar-refractivity contribution in [2.75, 3.05) is 31.2 Å². The number of benzene rings is 2. The fourth-order valence-electron chi connectivity index (χ4n) is 3.33. The monoisotopic (exact) mass is 393 g/mol. The Morgan fingerprint density at radius 3 is 2.73 bits per heavy atom. The van der Waals surface area contributed by atoms with Gasteiger partial charge in [-0.15, -0.1) is 0 Å². The molecule has 3 aromatic rings. The summed E-state index contributed by atoms with van der Waals surface area (Å²) in [6.45, 7) is 5.14. The van der Waals surface area contributed by atoms with Gasteiger partial charge in [0.1, 0.15) is 11.3 Å². The summed E-state index contributed by atoms with van der Waals surface area (Å²) in [6.07, 6.45) is 0. The standard InChI is InChI=1S/C19H18Cl2FN3O/c1-12-23-19-16(22)9-14(24-5-7-26-8-6-24)10-17(19)25(12)11-13-3-2-4-15(20)18(13)21/h2-4,9-10H,5-8,11H2,1H3. The highest BCUT2D eigenvalue weighted by Crippen LogP contribution is 2.30. The second-order valence-electron chi connectivity index (χ2n) is 6.35. The molecule has 136 valence electrons. The molecule has 0 unspecified atom stereocenters. The predicted molar refractivity (Wildman–Crippen MR) is 103 cm³/mol. The lowest BCUT2D eigenvalue weighted by Crippen LogP contribution is -2.36. The maximum absolute atomic E-state index is 14.7. The number of aryl methyl sites for hydroxylation is 1. The van der Waals surface area contributed by atoms with Crippen LogP contribution in [0.2, 0.25) is 10.0 Å². The molecule has 1 fully saturated rings. The van der Waals surface area contributed by atoms with Crippen molar-refractivity contribution < 1.29 is 9.13 Å². The van der Waals surface area contributed by atoms with Crippen LogP contribution in [0.5, 0.6) is 0 Å². The van der Waals surface area contributed by atoms with Gasteiger partial charge in [-0.3, -0.25) is 0 Å². The molecular weight excluding hydrogens is 376 g/mol. The number of nitrogens with zero attached hydrogens (tertiary/aromatic N) is 3. The van der Waals surface area contributed by atoms with Crippen LogP contribution in [0, 0.1) is 12.7 Å². The second-order valence-corrected chi connectivity index (χ2v) is 7.14. The maximum Gasteiger partial charge on any atom is 0.153 e. The zero-order valence-electron chi connectivity index (χ0n) is 14.3. The summed E-state index contributed by atoms with van der Waals surface area (Å²) < 4.78 is 22.1. The molecule has 0 N–H and O–H groups in total. The van der Waals surface area contributed by atoms with Crippen molar-refractivity contribution in [2.24, 2.45) is 0 Å². The quantitative estimate of drug-likeness (QED) is 0.647. The highest BCUT2D eigenvalue weighted by atomic mass is 35.5. The molecule has 7 heteroatoms. The summed E-state index contributed by atoms with van der Waals surface area (Å²) in [7, 11) is 0. The molecule has 1 saturated heterocycles. The summed E-state index contributed by atoms with van der Waals surface area (Å²) in [5.41, 5.74) is 2.84. The number of rotatable bonds is 3. The van der Waals surface area contributed by atoms with Gasteiger partial charge in [0.15, 0.2) is 5.82 Å². The minimum Gasteiger partial charge on any atom is -0.378 e. The normalized spacial score (nSPS) is 15.0. The van der Waals surface area contributed by atoms with E-state index in [9.17, 15) is 4.39 Å². The third kappa shape index (κ3) is 3.15. The van der Waals surface area contributed by atoms with Gasteiger partial charge in [-0.25, -0.2) is 9.37 Å². The Kier molecular flexibility index (Phi) is 4.78.